The van der Waals surface area contributed by atoms with Crippen LogP contribution in [-0.2, 0) is 6.42 Å². The van der Waals surface area contributed by atoms with E-state index in [0.29, 0.717) is 5.92 Å². The Morgan fingerprint density at radius 2 is 1.78 bits per heavy atom. The molecule has 0 bridgehead atoms. The molecule has 2 aromatic carbocycles. The van der Waals surface area contributed by atoms with Gasteiger partial charge in [0.1, 0.15) is 0 Å². The number of hydrogen-bond donors (Lipinski definition) is 1. The fraction of sp³-hybridized carbons (Fsp3) is 0.294. The molecule has 0 heterocycles. The Hall–Kier alpha value is -1.60. The number of aryl methyl sites for hydroxylation is 1. The molecule has 0 fully saturated rings. The summed E-state index contributed by atoms with van der Waals surface area (Å²) in [7, 11) is 2.02. The molecule has 2 rings (SSSR count). The highest BCUT2D eigenvalue weighted by atomic mass is 14.8. The Balaban J connectivity index is 2.18. The van der Waals surface area contributed by atoms with E-state index in [1.54, 1.807) is 0 Å². The first-order chi connectivity index (χ1) is 8.79. The SMILES string of the molecule is CNCC(Cc1ccccc1)c1cccc(C)c1. The lowest BCUT2D eigenvalue weighted by Gasteiger charge is -2.17. The van der Waals surface area contributed by atoms with E-state index in [4.69, 9.17) is 0 Å². The predicted molar refractivity (Wildman–Crippen MR) is 78.0 cm³/mol. The summed E-state index contributed by atoms with van der Waals surface area (Å²) < 4.78 is 0. The highest BCUT2D eigenvalue weighted by Gasteiger charge is 2.11. The number of rotatable bonds is 5. The number of benzene rings is 2. The largest absolute Gasteiger partial charge is 0.319 e. The van der Waals surface area contributed by atoms with Crippen molar-refractivity contribution < 1.29 is 0 Å². The Bertz CT molecular complexity index is 476. The minimum atomic E-state index is 0.539. The molecule has 0 aromatic heterocycles. The van der Waals surface area contributed by atoms with Gasteiger partial charge >= 0.3 is 0 Å². The van der Waals surface area contributed by atoms with Gasteiger partial charge in [0.15, 0.2) is 0 Å². The van der Waals surface area contributed by atoms with Gasteiger partial charge in [-0.3, -0.25) is 0 Å². The lowest BCUT2D eigenvalue weighted by Crippen LogP contribution is -2.19. The smallest absolute Gasteiger partial charge is 0.00203 e. The first-order valence-corrected chi connectivity index (χ1v) is 6.54. The van der Waals surface area contributed by atoms with Crippen molar-refractivity contribution >= 4 is 0 Å². The van der Waals surface area contributed by atoms with Gasteiger partial charge in [-0.15, -0.1) is 0 Å². The van der Waals surface area contributed by atoms with Gasteiger partial charge < -0.3 is 5.32 Å². The van der Waals surface area contributed by atoms with E-state index in [0.717, 1.165) is 13.0 Å². The fourth-order valence-electron chi connectivity index (χ4n) is 2.38. The Labute approximate surface area is 110 Å². The molecule has 0 saturated heterocycles. The minimum Gasteiger partial charge on any atom is -0.319 e. The van der Waals surface area contributed by atoms with Crippen LogP contribution in [0.15, 0.2) is 54.6 Å². The van der Waals surface area contributed by atoms with Crippen LogP contribution in [0.25, 0.3) is 0 Å². The van der Waals surface area contributed by atoms with Crippen LogP contribution in [0.4, 0.5) is 0 Å². The number of likely N-dealkylation sites (N-methyl/N-ethyl adjacent to an activating group) is 1. The van der Waals surface area contributed by atoms with Gasteiger partial charge in [0.2, 0.25) is 0 Å². The monoisotopic (exact) mass is 239 g/mol. The standard InChI is InChI=1S/C17H21N/c1-14-7-6-10-16(11-14)17(13-18-2)12-15-8-4-3-5-9-15/h3-11,17-18H,12-13H2,1-2H3. The molecule has 0 aliphatic rings. The summed E-state index contributed by atoms with van der Waals surface area (Å²) in [5, 5.41) is 3.31. The minimum absolute atomic E-state index is 0.539. The summed E-state index contributed by atoms with van der Waals surface area (Å²) in [5.74, 6) is 0.539. The second kappa shape index (κ2) is 6.36. The van der Waals surface area contributed by atoms with Crippen molar-refractivity contribution in [2.75, 3.05) is 13.6 Å². The molecule has 0 saturated carbocycles. The number of hydrogen-bond acceptors (Lipinski definition) is 1. The van der Waals surface area contributed by atoms with Crippen molar-refractivity contribution in [1.29, 1.82) is 0 Å². The molecule has 2 aromatic rings. The van der Waals surface area contributed by atoms with Gasteiger partial charge in [-0.2, -0.15) is 0 Å². The molecule has 0 amide bonds. The molecule has 1 atom stereocenters. The van der Waals surface area contributed by atoms with Gasteiger partial charge in [0.05, 0.1) is 0 Å². The van der Waals surface area contributed by atoms with E-state index in [9.17, 15) is 0 Å². The first-order valence-electron chi connectivity index (χ1n) is 6.54. The summed E-state index contributed by atoms with van der Waals surface area (Å²) in [6, 6.07) is 19.5. The molecular weight excluding hydrogens is 218 g/mol. The van der Waals surface area contributed by atoms with Crippen LogP contribution in [-0.4, -0.2) is 13.6 Å². The van der Waals surface area contributed by atoms with Gasteiger partial charge in [-0.05, 0) is 31.5 Å². The zero-order valence-electron chi connectivity index (χ0n) is 11.2. The third-order valence-electron chi connectivity index (χ3n) is 3.29. The summed E-state index contributed by atoms with van der Waals surface area (Å²) >= 11 is 0. The molecule has 1 heteroatoms. The van der Waals surface area contributed by atoms with Crippen LogP contribution in [0.2, 0.25) is 0 Å². The third kappa shape index (κ3) is 3.44. The molecule has 0 radical (unpaired) electrons. The van der Waals surface area contributed by atoms with Crippen molar-refractivity contribution in [2.24, 2.45) is 0 Å². The summed E-state index contributed by atoms with van der Waals surface area (Å²) in [6.45, 7) is 3.17. The van der Waals surface area contributed by atoms with Crippen LogP contribution in [0.1, 0.15) is 22.6 Å². The van der Waals surface area contributed by atoms with E-state index in [1.807, 2.05) is 7.05 Å². The summed E-state index contributed by atoms with van der Waals surface area (Å²) in [5.41, 5.74) is 4.16. The van der Waals surface area contributed by atoms with Crippen LogP contribution in [0.3, 0.4) is 0 Å². The molecule has 18 heavy (non-hydrogen) atoms. The van der Waals surface area contributed by atoms with Crippen molar-refractivity contribution in [1.82, 2.24) is 5.32 Å². The van der Waals surface area contributed by atoms with Gasteiger partial charge in [0.25, 0.3) is 0 Å². The fourth-order valence-corrected chi connectivity index (χ4v) is 2.38. The van der Waals surface area contributed by atoms with Crippen LogP contribution < -0.4 is 5.32 Å². The molecule has 1 unspecified atom stereocenters. The average Bonchev–Trinajstić information content (AvgIpc) is 2.39. The van der Waals surface area contributed by atoms with Crippen LogP contribution in [0, 0.1) is 6.92 Å². The molecule has 0 aliphatic heterocycles. The van der Waals surface area contributed by atoms with E-state index in [2.05, 4.69) is 66.8 Å². The van der Waals surface area contributed by atoms with Crippen LogP contribution in [0.5, 0.6) is 0 Å². The van der Waals surface area contributed by atoms with Gasteiger partial charge in [-0.1, -0.05) is 60.2 Å². The molecular formula is C17H21N. The average molecular weight is 239 g/mol. The van der Waals surface area contributed by atoms with E-state index < -0.39 is 0 Å². The van der Waals surface area contributed by atoms with E-state index in [1.165, 1.54) is 16.7 Å². The number of nitrogens with one attached hydrogen (secondary N) is 1. The highest BCUT2D eigenvalue weighted by Crippen LogP contribution is 2.21. The molecule has 0 spiro atoms. The first kappa shape index (κ1) is 12.8. The molecule has 0 aliphatic carbocycles. The predicted octanol–water partition coefficient (Wildman–Crippen LogP) is 3.54. The van der Waals surface area contributed by atoms with Gasteiger partial charge in [-0.25, -0.2) is 0 Å². The van der Waals surface area contributed by atoms with Crippen molar-refractivity contribution in [3.63, 3.8) is 0 Å². The van der Waals surface area contributed by atoms with Crippen LogP contribution >= 0.6 is 0 Å². The van der Waals surface area contributed by atoms with E-state index in [-0.39, 0.29) is 0 Å². The Morgan fingerprint density at radius 1 is 1.00 bits per heavy atom. The van der Waals surface area contributed by atoms with Gasteiger partial charge in [0, 0.05) is 12.5 Å². The maximum Gasteiger partial charge on any atom is 0.00203 e. The molecule has 94 valence electrons. The Kier molecular flexibility index (Phi) is 4.54. The molecule has 1 N–H and O–H groups in total. The highest BCUT2D eigenvalue weighted by molar-refractivity contribution is 5.28. The normalized spacial score (nSPS) is 12.3. The lowest BCUT2D eigenvalue weighted by molar-refractivity contribution is 0.625. The maximum absolute atomic E-state index is 3.31. The summed E-state index contributed by atoms with van der Waals surface area (Å²) in [4.78, 5) is 0. The summed E-state index contributed by atoms with van der Waals surface area (Å²) in [6.07, 6.45) is 1.09. The quantitative estimate of drug-likeness (QED) is 0.841. The zero-order valence-corrected chi connectivity index (χ0v) is 11.2. The Morgan fingerprint density at radius 3 is 2.44 bits per heavy atom. The second-order valence-electron chi connectivity index (χ2n) is 4.86. The van der Waals surface area contributed by atoms with Crippen molar-refractivity contribution in [2.45, 2.75) is 19.3 Å². The third-order valence-corrected chi connectivity index (χ3v) is 3.29. The van der Waals surface area contributed by atoms with Crippen molar-refractivity contribution in [3.8, 4) is 0 Å². The zero-order chi connectivity index (χ0) is 12.8. The van der Waals surface area contributed by atoms with E-state index >= 15 is 0 Å². The molecule has 1 nitrogen and oxygen atoms in total. The second-order valence-corrected chi connectivity index (χ2v) is 4.86. The van der Waals surface area contributed by atoms with Crippen molar-refractivity contribution in [3.05, 3.63) is 71.3 Å². The topological polar surface area (TPSA) is 12.0 Å². The maximum atomic E-state index is 3.31. The lowest BCUT2D eigenvalue weighted by atomic mass is 9.91.